The van der Waals surface area contributed by atoms with E-state index in [0.717, 1.165) is 27.0 Å². The number of amides is 1. The summed E-state index contributed by atoms with van der Waals surface area (Å²) in [6.45, 7) is 6.08. The number of nitrogens with one attached hydrogen (secondary N) is 1. The number of halogens is 1. The lowest BCUT2D eigenvalue weighted by atomic mass is 10.1. The Kier molecular flexibility index (Phi) is 5.62. The number of aryl methyl sites for hydroxylation is 3. The molecule has 0 radical (unpaired) electrons. The van der Waals surface area contributed by atoms with Gasteiger partial charge in [0, 0.05) is 22.3 Å². The molecule has 0 aliphatic carbocycles. The Morgan fingerprint density at radius 2 is 1.97 bits per heavy atom. The second-order valence-electron chi connectivity index (χ2n) is 8.31. The molecule has 1 aliphatic heterocycles. The van der Waals surface area contributed by atoms with Crippen molar-refractivity contribution in [3.8, 4) is 5.69 Å². The largest absolute Gasteiger partial charge is 0.326 e. The maximum Gasteiger partial charge on any atom is 0.265 e. The van der Waals surface area contributed by atoms with Gasteiger partial charge in [0.2, 0.25) is 5.91 Å². The fourth-order valence-corrected chi connectivity index (χ4v) is 5.35. The molecule has 1 unspecified atom stereocenters. The van der Waals surface area contributed by atoms with E-state index in [9.17, 15) is 9.59 Å². The molecule has 1 atom stereocenters. The van der Waals surface area contributed by atoms with Gasteiger partial charge in [0.1, 0.15) is 5.39 Å². The van der Waals surface area contributed by atoms with Crippen LogP contribution in [0.3, 0.4) is 0 Å². The third-order valence-corrected chi connectivity index (χ3v) is 7.96. The number of fused-ring (bicyclic) bond motifs is 2. The van der Waals surface area contributed by atoms with Gasteiger partial charge in [-0.1, -0.05) is 33.8 Å². The van der Waals surface area contributed by atoms with Gasteiger partial charge < -0.3 is 5.32 Å². The summed E-state index contributed by atoms with van der Waals surface area (Å²) in [6, 6.07) is 11.5. The molecule has 7 nitrogen and oxygen atoms in total. The first-order chi connectivity index (χ1) is 15.8. The number of thioether (sulfide) groups is 1. The summed E-state index contributed by atoms with van der Waals surface area (Å²) in [5.74, 6) is 0.492. The lowest BCUT2D eigenvalue weighted by Gasteiger charge is -2.14. The zero-order valence-electron chi connectivity index (χ0n) is 18.4. The van der Waals surface area contributed by atoms with Crippen LogP contribution in [0, 0.1) is 20.8 Å². The van der Waals surface area contributed by atoms with Gasteiger partial charge >= 0.3 is 0 Å². The van der Waals surface area contributed by atoms with E-state index >= 15 is 0 Å². The van der Waals surface area contributed by atoms with Gasteiger partial charge in [0.05, 0.1) is 17.9 Å². The number of nitrogens with zero attached hydrogens (tertiary/aromatic N) is 4. The number of carbonyl (C=O) groups is 1. The first kappa shape index (κ1) is 21.9. The summed E-state index contributed by atoms with van der Waals surface area (Å²) >= 11 is 4.96. The number of benzene rings is 2. The molecule has 9 heteroatoms. The molecule has 1 N–H and O–H groups in total. The number of aromatic nitrogens is 4. The van der Waals surface area contributed by atoms with Crippen molar-refractivity contribution < 1.29 is 4.79 Å². The molecule has 5 rings (SSSR count). The van der Waals surface area contributed by atoms with Crippen molar-refractivity contribution in [3.05, 3.63) is 74.1 Å². The topological polar surface area (TPSA) is 81.8 Å². The molecule has 0 bridgehead atoms. The predicted molar refractivity (Wildman–Crippen MR) is 134 cm³/mol. The molecule has 168 valence electrons. The molecular formula is C24H22BrN5O2S. The highest BCUT2D eigenvalue weighted by Gasteiger charge is 2.29. The first-order valence-electron chi connectivity index (χ1n) is 10.6. The van der Waals surface area contributed by atoms with Gasteiger partial charge in [0.25, 0.3) is 5.56 Å². The normalized spacial score (nSPS) is 15.1. The minimum Gasteiger partial charge on any atom is -0.326 e. The maximum absolute atomic E-state index is 13.3. The van der Waals surface area contributed by atoms with Crippen LogP contribution < -0.4 is 10.9 Å². The van der Waals surface area contributed by atoms with E-state index in [1.54, 1.807) is 15.4 Å². The van der Waals surface area contributed by atoms with Crippen LogP contribution in [0.25, 0.3) is 16.7 Å². The van der Waals surface area contributed by atoms with Crippen molar-refractivity contribution in [2.45, 2.75) is 38.4 Å². The molecule has 2 aromatic heterocycles. The molecule has 33 heavy (non-hydrogen) atoms. The molecule has 2 aromatic carbocycles. The minimum atomic E-state index is -0.254. The van der Waals surface area contributed by atoms with Gasteiger partial charge in [-0.15, -0.1) is 0 Å². The third kappa shape index (κ3) is 4.00. The summed E-state index contributed by atoms with van der Waals surface area (Å²) in [5.41, 5.74) is 5.37. The Hall–Kier alpha value is -2.91. The quantitative estimate of drug-likeness (QED) is 0.383. The van der Waals surface area contributed by atoms with E-state index < -0.39 is 0 Å². The monoisotopic (exact) mass is 523 g/mol. The minimum absolute atomic E-state index is 0.131. The van der Waals surface area contributed by atoms with Crippen molar-refractivity contribution in [1.82, 2.24) is 19.3 Å². The Labute approximate surface area is 203 Å². The Balaban J connectivity index is 1.44. The van der Waals surface area contributed by atoms with E-state index in [1.807, 2.05) is 50.2 Å². The first-order valence-corrected chi connectivity index (χ1v) is 12.4. The van der Waals surface area contributed by atoms with E-state index in [1.165, 1.54) is 17.3 Å². The average molecular weight is 524 g/mol. The van der Waals surface area contributed by atoms with Gasteiger partial charge in [-0.2, -0.15) is 5.10 Å². The van der Waals surface area contributed by atoms with Crippen molar-refractivity contribution >= 4 is 50.3 Å². The smallest absolute Gasteiger partial charge is 0.265 e. The molecule has 0 saturated carbocycles. The fraction of sp³-hybridized carbons (Fsp3) is 0.250. The Bertz CT molecular complexity index is 1480. The Morgan fingerprint density at radius 1 is 1.15 bits per heavy atom. The van der Waals surface area contributed by atoms with Crippen molar-refractivity contribution in [2.75, 3.05) is 11.1 Å². The number of hydrogen-bond donors (Lipinski definition) is 1. The van der Waals surface area contributed by atoms with Crippen molar-refractivity contribution in [3.63, 3.8) is 0 Å². The Morgan fingerprint density at radius 3 is 2.73 bits per heavy atom. The maximum atomic E-state index is 13.3. The molecule has 3 heterocycles. The number of rotatable bonds is 4. The third-order valence-electron chi connectivity index (χ3n) is 5.97. The summed E-state index contributed by atoms with van der Waals surface area (Å²) < 4.78 is 4.34. The van der Waals surface area contributed by atoms with Crippen molar-refractivity contribution in [1.29, 1.82) is 0 Å². The van der Waals surface area contributed by atoms with Crippen LogP contribution in [-0.2, 0) is 4.79 Å². The molecule has 4 aromatic rings. The zero-order chi connectivity index (χ0) is 23.3. The highest BCUT2D eigenvalue weighted by atomic mass is 79.9. The number of anilines is 1. The lowest BCUT2D eigenvalue weighted by molar-refractivity contribution is -0.116. The van der Waals surface area contributed by atoms with Crippen LogP contribution in [0.1, 0.15) is 29.2 Å². The van der Waals surface area contributed by atoms with E-state index in [4.69, 9.17) is 4.98 Å². The van der Waals surface area contributed by atoms with Crippen LogP contribution >= 0.6 is 27.7 Å². The number of carbonyl (C=O) groups excluding carboxylic acids is 1. The fourth-order valence-electron chi connectivity index (χ4n) is 3.98. The second kappa shape index (κ2) is 8.46. The lowest BCUT2D eigenvalue weighted by Crippen LogP contribution is -2.27. The summed E-state index contributed by atoms with van der Waals surface area (Å²) in [7, 11) is 0. The molecule has 1 amide bonds. The molecular weight excluding hydrogens is 502 g/mol. The van der Waals surface area contributed by atoms with E-state index in [2.05, 4.69) is 33.3 Å². The number of hydrogen-bond acceptors (Lipinski definition) is 5. The SMILES string of the molecule is Cc1ccc(-n2ncc3c(=O)n4c(nc32)SCC4CC(=O)Nc2ccc(Br)c(C)c2)cc1C. The van der Waals surface area contributed by atoms with Crippen LogP contribution in [-0.4, -0.2) is 31.0 Å². The summed E-state index contributed by atoms with van der Waals surface area (Å²) in [4.78, 5) is 30.8. The summed E-state index contributed by atoms with van der Waals surface area (Å²) in [5, 5.41) is 8.45. The van der Waals surface area contributed by atoms with Gasteiger partial charge in [-0.3, -0.25) is 14.2 Å². The molecule has 0 saturated heterocycles. The van der Waals surface area contributed by atoms with Crippen LogP contribution in [0.4, 0.5) is 5.69 Å². The van der Waals surface area contributed by atoms with Gasteiger partial charge in [-0.05, 0) is 67.8 Å². The highest BCUT2D eigenvalue weighted by molar-refractivity contribution is 9.10. The molecule has 0 fully saturated rings. The van der Waals surface area contributed by atoms with E-state index in [0.29, 0.717) is 21.9 Å². The van der Waals surface area contributed by atoms with Crippen LogP contribution in [0.15, 0.2) is 57.0 Å². The van der Waals surface area contributed by atoms with Crippen LogP contribution in [0.5, 0.6) is 0 Å². The molecule has 1 aliphatic rings. The summed E-state index contributed by atoms with van der Waals surface area (Å²) in [6.07, 6.45) is 1.77. The molecule has 0 spiro atoms. The average Bonchev–Trinajstić information content (AvgIpc) is 3.38. The second-order valence-corrected chi connectivity index (χ2v) is 10.2. The standard InChI is InChI=1S/C24H22BrN5O2S/c1-13-4-6-17(9-14(13)2)30-22-19(11-26-30)23(32)29-18(12-33-24(29)28-22)10-21(31)27-16-5-7-20(25)15(3)8-16/h4-9,11,18H,10,12H2,1-3H3,(H,27,31). The predicted octanol–water partition coefficient (Wildman–Crippen LogP) is 4.95. The van der Waals surface area contributed by atoms with Crippen molar-refractivity contribution in [2.24, 2.45) is 0 Å². The highest BCUT2D eigenvalue weighted by Crippen LogP contribution is 2.34. The zero-order valence-corrected chi connectivity index (χ0v) is 20.8. The van der Waals surface area contributed by atoms with Crippen LogP contribution in [0.2, 0.25) is 0 Å². The van der Waals surface area contributed by atoms with Gasteiger partial charge in [-0.25, -0.2) is 9.67 Å². The van der Waals surface area contributed by atoms with Gasteiger partial charge in [0.15, 0.2) is 10.8 Å². The van der Waals surface area contributed by atoms with E-state index in [-0.39, 0.29) is 23.9 Å².